The number of alkyl halides is 3. The van der Waals surface area contributed by atoms with Crippen LogP contribution in [-0.2, 0) is 0 Å². The van der Waals surface area contributed by atoms with E-state index in [4.69, 9.17) is 0 Å². The molecule has 3 aliphatic rings. The van der Waals surface area contributed by atoms with Crippen molar-refractivity contribution in [3.8, 4) is 0 Å². The molecule has 2 bridgehead atoms. The van der Waals surface area contributed by atoms with Crippen molar-refractivity contribution < 1.29 is 13.2 Å². The van der Waals surface area contributed by atoms with Crippen LogP contribution < -0.4 is 0 Å². The van der Waals surface area contributed by atoms with Crippen LogP contribution in [0.3, 0.4) is 0 Å². The van der Waals surface area contributed by atoms with Crippen molar-refractivity contribution >= 4 is 12.6 Å². The second-order valence-electron chi connectivity index (χ2n) is 4.35. The first-order chi connectivity index (χ1) is 5.31. The molecule has 0 aliphatic heterocycles. The Balaban J connectivity index is 2.05. The van der Waals surface area contributed by atoms with Crippen molar-refractivity contribution in [3.63, 3.8) is 0 Å². The molecule has 0 N–H and O–H groups in total. The Hall–Kier alpha value is 0.140. The van der Waals surface area contributed by atoms with Crippen LogP contribution in [0.1, 0.15) is 26.2 Å². The Kier molecular flexibility index (Phi) is 1.43. The van der Waals surface area contributed by atoms with Gasteiger partial charge in [0, 0.05) is 5.25 Å². The number of thiol groups is 1. The van der Waals surface area contributed by atoms with Crippen LogP contribution in [0.2, 0.25) is 0 Å². The summed E-state index contributed by atoms with van der Waals surface area (Å²) in [6, 6.07) is 0. The Labute approximate surface area is 74.9 Å². The van der Waals surface area contributed by atoms with Crippen molar-refractivity contribution in [1.82, 2.24) is 0 Å². The molecule has 0 aromatic rings. The average molecular weight is 196 g/mol. The molecule has 0 radical (unpaired) electrons. The van der Waals surface area contributed by atoms with E-state index in [-0.39, 0.29) is 10.7 Å². The SMILES string of the molecule is CC(S)C12CC(C(F)(F)F)(C1)C2. The molecule has 70 valence electrons. The molecule has 1 atom stereocenters. The summed E-state index contributed by atoms with van der Waals surface area (Å²) in [5.41, 5.74) is -1.37. The fourth-order valence-corrected chi connectivity index (χ4v) is 2.88. The fraction of sp³-hybridized carbons (Fsp3) is 1.00. The van der Waals surface area contributed by atoms with Gasteiger partial charge in [-0.05, 0) is 24.7 Å². The highest BCUT2D eigenvalue weighted by molar-refractivity contribution is 7.81. The monoisotopic (exact) mass is 196 g/mol. The molecule has 0 aromatic heterocycles. The fourth-order valence-electron chi connectivity index (χ4n) is 2.61. The van der Waals surface area contributed by atoms with Gasteiger partial charge in [-0.3, -0.25) is 0 Å². The molecular weight excluding hydrogens is 185 g/mol. The van der Waals surface area contributed by atoms with Crippen LogP contribution in [0.5, 0.6) is 0 Å². The predicted molar refractivity (Wildman–Crippen MR) is 43.2 cm³/mol. The summed E-state index contributed by atoms with van der Waals surface area (Å²) in [5, 5.41) is 0.113. The molecule has 0 aromatic carbocycles. The van der Waals surface area contributed by atoms with E-state index in [1.165, 1.54) is 0 Å². The third-order valence-corrected chi connectivity index (χ3v) is 4.11. The van der Waals surface area contributed by atoms with Gasteiger partial charge in [-0.25, -0.2) is 0 Å². The molecule has 3 rings (SSSR count). The second kappa shape index (κ2) is 1.97. The van der Waals surface area contributed by atoms with Crippen molar-refractivity contribution in [2.24, 2.45) is 10.8 Å². The maximum absolute atomic E-state index is 12.3. The van der Waals surface area contributed by atoms with E-state index in [0.717, 1.165) is 0 Å². The summed E-state index contributed by atoms with van der Waals surface area (Å²) in [4.78, 5) is 0. The minimum Gasteiger partial charge on any atom is -0.176 e. The van der Waals surface area contributed by atoms with Crippen LogP contribution >= 0.6 is 12.6 Å². The van der Waals surface area contributed by atoms with Crippen LogP contribution in [0.15, 0.2) is 0 Å². The molecular formula is C8H11F3S. The molecule has 4 heteroatoms. The Morgan fingerprint density at radius 2 is 1.67 bits per heavy atom. The highest BCUT2D eigenvalue weighted by Crippen LogP contribution is 2.80. The third kappa shape index (κ3) is 0.771. The summed E-state index contributed by atoms with van der Waals surface area (Å²) in [7, 11) is 0. The molecule has 0 nitrogen and oxygen atoms in total. The van der Waals surface area contributed by atoms with Crippen molar-refractivity contribution in [2.75, 3.05) is 0 Å². The molecule has 0 heterocycles. The molecule has 0 spiro atoms. The van der Waals surface area contributed by atoms with Gasteiger partial charge in [0.1, 0.15) is 0 Å². The lowest BCUT2D eigenvalue weighted by atomic mass is 9.34. The lowest BCUT2D eigenvalue weighted by molar-refractivity contribution is -0.361. The van der Waals surface area contributed by atoms with E-state index < -0.39 is 11.6 Å². The first-order valence-electron chi connectivity index (χ1n) is 4.06. The molecule has 12 heavy (non-hydrogen) atoms. The van der Waals surface area contributed by atoms with E-state index in [1.807, 2.05) is 6.92 Å². The van der Waals surface area contributed by atoms with E-state index in [9.17, 15) is 13.2 Å². The molecule has 0 amide bonds. The normalized spacial score (nSPS) is 47.8. The molecule has 0 saturated heterocycles. The zero-order valence-corrected chi connectivity index (χ0v) is 7.67. The topological polar surface area (TPSA) is 0 Å². The highest BCUT2D eigenvalue weighted by Gasteiger charge is 2.78. The molecule has 3 aliphatic carbocycles. The minimum absolute atomic E-state index is 0.0708. The molecule has 3 fully saturated rings. The van der Waals surface area contributed by atoms with Gasteiger partial charge >= 0.3 is 6.18 Å². The van der Waals surface area contributed by atoms with Crippen LogP contribution in [0, 0.1) is 10.8 Å². The minimum atomic E-state index is -3.97. The molecule has 3 saturated carbocycles. The summed E-state index contributed by atoms with van der Waals surface area (Å²) in [6.45, 7) is 1.89. The first kappa shape index (κ1) is 8.73. The van der Waals surface area contributed by atoms with Crippen molar-refractivity contribution in [2.45, 2.75) is 37.6 Å². The van der Waals surface area contributed by atoms with Crippen LogP contribution in [-0.4, -0.2) is 11.4 Å². The number of hydrogen-bond acceptors (Lipinski definition) is 1. The third-order valence-electron chi connectivity index (χ3n) is 3.56. The average Bonchev–Trinajstić information content (AvgIpc) is 1.46. The Bertz CT molecular complexity index is 199. The zero-order valence-electron chi connectivity index (χ0n) is 6.78. The largest absolute Gasteiger partial charge is 0.394 e. The van der Waals surface area contributed by atoms with Gasteiger partial charge in [0.2, 0.25) is 0 Å². The zero-order chi connectivity index (χ0) is 9.20. The number of halogens is 3. The van der Waals surface area contributed by atoms with Gasteiger partial charge in [-0.15, -0.1) is 0 Å². The standard InChI is InChI=1S/C8H11F3S/c1-5(12)6-2-7(3-6,4-6)8(9,10)11/h5,12H,2-4H2,1H3. The maximum atomic E-state index is 12.3. The van der Waals surface area contributed by atoms with Gasteiger partial charge < -0.3 is 0 Å². The van der Waals surface area contributed by atoms with E-state index >= 15 is 0 Å². The van der Waals surface area contributed by atoms with Crippen LogP contribution in [0.25, 0.3) is 0 Å². The van der Waals surface area contributed by atoms with Gasteiger partial charge in [-0.1, -0.05) is 6.92 Å². The number of hydrogen-bond donors (Lipinski definition) is 1. The second-order valence-corrected chi connectivity index (χ2v) is 5.12. The summed E-state index contributed by atoms with van der Waals surface area (Å²) < 4.78 is 37.0. The van der Waals surface area contributed by atoms with Gasteiger partial charge in [-0.2, -0.15) is 25.8 Å². The number of rotatable bonds is 1. The lowest BCUT2D eigenvalue weighted by Gasteiger charge is -2.72. The Morgan fingerprint density at radius 1 is 1.25 bits per heavy atom. The summed E-state index contributed by atoms with van der Waals surface area (Å²) in [5.74, 6) is 0. The quantitative estimate of drug-likeness (QED) is 0.612. The maximum Gasteiger partial charge on any atom is 0.394 e. The first-order valence-corrected chi connectivity index (χ1v) is 4.58. The van der Waals surface area contributed by atoms with Gasteiger partial charge in [0.05, 0.1) is 5.41 Å². The van der Waals surface area contributed by atoms with E-state index in [1.54, 1.807) is 0 Å². The van der Waals surface area contributed by atoms with E-state index in [2.05, 4.69) is 12.6 Å². The van der Waals surface area contributed by atoms with Crippen LogP contribution in [0.4, 0.5) is 13.2 Å². The highest BCUT2D eigenvalue weighted by atomic mass is 32.1. The predicted octanol–water partition coefficient (Wildman–Crippen LogP) is 3.04. The molecule has 1 unspecified atom stereocenters. The summed E-state index contributed by atoms with van der Waals surface area (Å²) in [6.07, 6.45) is -3.03. The lowest BCUT2D eigenvalue weighted by Crippen LogP contribution is -2.70. The van der Waals surface area contributed by atoms with E-state index in [0.29, 0.717) is 19.3 Å². The van der Waals surface area contributed by atoms with Crippen molar-refractivity contribution in [1.29, 1.82) is 0 Å². The smallest absolute Gasteiger partial charge is 0.176 e. The van der Waals surface area contributed by atoms with Gasteiger partial charge in [0.25, 0.3) is 0 Å². The van der Waals surface area contributed by atoms with Crippen molar-refractivity contribution in [3.05, 3.63) is 0 Å². The Morgan fingerprint density at radius 3 is 1.92 bits per heavy atom. The van der Waals surface area contributed by atoms with Gasteiger partial charge in [0.15, 0.2) is 0 Å². The summed E-state index contributed by atoms with van der Waals surface area (Å²) >= 11 is 4.21.